The van der Waals surface area contributed by atoms with E-state index in [-0.39, 0.29) is 5.41 Å². The van der Waals surface area contributed by atoms with E-state index in [0.29, 0.717) is 5.82 Å². The third kappa shape index (κ3) is 5.06. The highest BCUT2D eigenvalue weighted by atomic mass is 14.9. The van der Waals surface area contributed by atoms with E-state index in [1.165, 1.54) is 72.0 Å². The van der Waals surface area contributed by atoms with Crippen LogP contribution < -0.4 is 0 Å². The molecule has 2 aliphatic carbocycles. The molecule has 1 heterocycles. The Morgan fingerprint density at radius 2 is 0.678 bits per heavy atom. The standard InChI is InChI=1S/C57H36N2/c1-3-16-37(17-4-1)54-36-55(59-56(58-54)38-18-5-2-6-19-38)41-21-15-20-39(34-41)42-32-33-43(45-23-8-7-22-44(42)45)40-30-31-49-48-26-11-14-29-52(48)57(53(49)35-40)50-27-12-9-24-46(50)47-25-10-13-28-51(47)57/h1-36H. The Morgan fingerprint density at radius 3 is 1.27 bits per heavy atom. The number of aromatic nitrogens is 2. The normalized spacial score (nSPS) is 12.9. The molecule has 9 aromatic carbocycles. The number of fused-ring (bicyclic) bond motifs is 11. The van der Waals surface area contributed by atoms with E-state index in [4.69, 9.17) is 9.97 Å². The summed E-state index contributed by atoms with van der Waals surface area (Å²) in [5.74, 6) is 0.714. The summed E-state index contributed by atoms with van der Waals surface area (Å²) in [5.41, 5.74) is 20.0. The van der Waals surface area contributed by atoms with E-state index in [2.05, 4.69) is 194 Å². The van der Waals surface area contributed by atoms with Gasteiger partial charge in [-0.3, -0.25) is 0 Å². The van der Waals surface area contributed by atoms with Gasteiger partial charge in [-0.2, -0.15) is 0 Å². The molecule has 2 heteroatoms. The largest absolute Gasteiger partial charge is 0.228 e. The topological polar surface area (TPSA) is 25.8 Å². The SMILES string of the molecule is c1ccc(-c2cc(-c3cccc(-c4ccc(-c5ccc6c(c5)C5(c7ccccc7-c7ccccc75)c5ccccc5-6)c5ccccc45)c3)nc(-c3ccccc3)n2)cc1. The van der Waals surface area contributed by atoms with Crippen LogP contribution in [-0.2, 0) is 5.41 Å². The van der Waals surface area contributed by atoms with E-state index in [1.54, 1.807) is 0 Å². The molecule has 0 radical (unpaired) electrons. The molecule has 0 fully saturated rings. The third-order valence-corrected chi connectivity index (χ3v) is 12.5. The van der Waals surface area contributed by atoms with Crippen LogP contribution in [-0.4, -0.2) is 9.97 Å². The highest BCUT2D eigenvalue weighted by molar-refractivity contribution is 6.06. The Kier molecular flexibility index (Phi) is 7.48. The van der Waals surface area contributed by atoms with Gasteiger partial charge in [-0.1, -0.05) is 200 Å². The minimum absolute atomic E-state index is 0.382. The van der Waals surface area contributed by atoms with Crippen LogP contribution in [0.5, 0.6) is 0 Å². The molecule has 2 aliphatic rings. The Bertz CT molecular complexity index is 3150. The predicted molar refractivity (Wildman–Crippen MR) is 243 cm³/mol. The highest BCUT2D eigenvalue weighted by Gasteiger charge is 2.51. The van der Waals surface area contributed by atoms with Gasteiger partial charge < -0.3 is 0 Å². The zero-order chi connectivity index (χ0) is 38.9. The van der Waals surface area contributed by atoms with Crippen molar-refractivity contribution >= 4 is 10.8 Å². The molecule has 1 spiro atoms. The predicted octanol–water partition coefficient (Wildman–Crippen LogP) is 14.3. The van der Waals surface area contributed by atoms with Crippen LogP contribution in [0.25, 0.3) is 89.2 Å². The second-order valence-electron chi connectivity index (χ2n) is 15.6. The van der Waals surface area contributed by atoms with Crippen molar-refractivity contribution in [1.82, 2.24) is 9.97 Å². The minimum Gasteiger partial charge on any atom is -0.228 e. The van der Waals surface area contributed by atoms with Gasteiger partial charge >= 0.3 is 0 Å². The van der Waals surface area contributed by atoms with Gasteiger partial charge in [-0.05, 0) is 95.7 Å². The first-order valence-corrected chi connectivity index (χ1v) is 20.3. The molecule has 12 rings (SSSR count). The lowest BCUT2D eigenvalue weighted by Crippen LogP contribution is -2.25. The maximum absolute atomic E-state index is 5.14. The Hall–Kier alpha value is -7.68. The van der Waals surface area contributed by atoms with Gasteiger partial charge in [0.05, 0.1) is 16.8 Å². The lowest BCUT2D eigenvalue weighted by molar-refractivity contribution is 0.794. The smallest absolute Gasteiger partial charge is 0.160 e. The summed E-state index contributed by atoms with van der Waals surface area (Å²) >= 11 is 0. The van der Waals surface area contributed by atoms with Crippen molar-refractivity contribution in [1.29, 1.82) is 0 Å². The van der Waals surface area contributed by atoms with Crippen LogP contribution >= 0.6 is 0 Å². The Balaban J connectivity index is 1.00. The lowest BCUT2D eigenvalue weighted by atomic mass is 9.70. The molecule has 1 aromatic heterocycles. The molecule has 0 amide bonds. The Labute approximate surface area is 343 Å². The van der Waals surface area contributed by atoms with E-state index in [9.17, 15) is 0 Å². The highest BCUT2D eigenvalue weighted by Crippen LogP contribution is 2.63. The van der Waals surface area contributed by atoms with Gasteiger partial charge in [0.1, 0.15) is 0 Å². The number of nitrogens with zero attached hydrogens (tertiary/aromatic N) is 2. The van der Waals surface area contributed by atoms with Gasteiger partial charge in [0, 0.05) is 16.7 Å². The van der Waals surface area contributed by atoms with Crippen LogP contribution in [0.15, 0.2) is 218 Å². The van der Waals surface area contributed by atoms with Crippen molar-refractivity contribution in [2.75, 3.05) is 0 Å². The summed E-state index contributed by atoms with van der Waals surface area (Å²) in [5, 5.41) is 2.45. The summed E-state index contributed by atoms with van der Waals surface area (Å²) in [6.07, 6.45) is 0. The summed E-state index contributed by atoms with van der Waals surface area (Å²) in [7, 11) is 0. The minimum atomic E-state index is -0.382. The van der Waals surface area contributed by atoms with E-state index in [0.717, 1.165) is 33.6 Å². The summed E-state index contributed by atoms with van der Waals surface area (Å²) in [6.45, 7) is 0. The number of rotatable bonds is 5. The molecule has 0 unspecified atom stereocenters. The van der Waals surface area contributed by atoms with Gasteiger partial charge in [0.15, 0.2) is 5.82 Å². The third-order valence-electron chi connectivity index (χ3n) is 12.5. The first-order valence-electron chi connectivity index (χ1n) is 20.3. The van der Waals surface area contributed by atoms with Crippen LogP contribution in [0.1, 0.15) is 22.3 Å². The number of benzene rings is 9. The monoisotopic (exact) mass is 748 g/mol. The molecular weight excluding hydrogens is 713 g/mol. The first kappa shape index (κ1) is 33.5. The molecule has 0 atom stereocenters. The maximum atomic E-state index is 5.14. The van der Waals surface area contributed by atoms with Crippen molar-refractivity contribution in [3.8, 4) is 78.4 Å². The van der Waals surface area contributed by atoms with Crippen molar-refractivity contribution < 1.29 is 0 Å². The van der Waals surface area contributed by atoms with Crippen LogP contribution in [0.4, 0.5) is 0 Å². The van der Waals surface area contributed by atoms with Crippen molar-refractivity contribution in [3.63, 3.8) is 0 Å². The summed E-state index contributed by atoms with van der Waals surface area (Å²) in [4.78, 5) is 10.2. The number of hydrogen-bond donors (Lipinski definition) is 0. The van der Waals surface area contributed by atoms with Crippen LogP contribution in [0.2, 0.25) is 0 Å². The molecule has 0 bridgehead atoms. The lowest BCUT2D eigenvalue weighted by Gasteiger charge is -2.30. The van der Waals surface area contributed by atoms with Gasteiger partial charge in [0.2, 0.25) is 0 Å². The molecule has 0 N–H and O–H groups in total. The van der Waals surface area contributed by atoms with Gasteiger partial charge in [-0.15, -0.1) is 0 Å². The number of hydrogen-bond acceptors (Lipinski definition) is 2. The molecule has 59 heavy (non-hydrogen) atoms. The fourth-order valence-corrected chi connectivity index (χ4v) is 9.98. The molecule has 0 aliphatic heterocycles. The molecule has 2 nitrogen and oxygen atoms in total. The molecule has 0 saturated heterocycles. The first-order chi connectivity index (χ1) is 29.3. The van der Waals surface area contributed by atoms with Crippen molar-refractivity contribution in [3.05, 3.63) is 241 Å². The fraction of sp³-hybridized carbons (Fsp3) is 0.0175. The van der Waals surface area contributed by atoms with E-state index < -0.39 is 0 Å². The molecule has 10 aromatic rings. The fourth-order valence-electron chi connectivity index (χ4n) is 9.98. The molecular formula is C57H36N2. The maximum Gasteiger partial charge on any atom is 0.160 e. The van der Waals surface area contributed by atoms with Crippen molar-refractivity contribution in [2.24, 2.45) is 0 Å². The van der Waals surface area contributed by atoms with Gasteiger partial charge in [0.25, 0.3) is 0 Å². The summed E-state index contributed by atoms with van der Waals surface area (Å²) < 4.78 is 0. The second kappa shape index (κ2) is 13.2. The average molecular weight is 749 g/mol. The second-order valence-corrected chi connectivity index (χ2v) is 15.6. The van der Waals surface area contributed by atoms with Crippen LogP contribution in [0, 0.1) is 0 Å². The zero-order valence-electron chi connectivity index (χ0n) is 32.2. The molecule has 0 saturated carbocycles. The van der Waals surface area contributed by atoms with Crippen LogP contribution in [0.3, 0.4) is 0 Å². The van der Waals surface area contributed by atoms with E-state index >= 15 is 0 Å². The van der Waals surface area contributed by atoms with Gasteiger partial charge in [-0.25, -0.2) is 9.97 Å². The zero-order valence-corrected chi connectivity index (χ0v) is 32.2. The van der Waals surface area contributed by atoms with E-state index in [1.807, 2.05) is 24.3 Å². The summed E-state index contributed by atoms with van der Waals surface area (Å²) in [6, 6.07) is 79.3. The quantitative estimate of drug-likeness (QED) is 0.175. The molecule has 274 valence electrons. The van der Waals surface area contributed by atoms with Crippen molar-refractivity contribution in [2.45, 2.75) is 5.41 Å². The average Bonchev–Trinajstić information content (AvgIpc) is 3.79. The Morgan fingerprint density at radius 1 is 0.254 bits per heavy atom.